The summed E-state index contributed by atoms with van der Waals surface area (Å²) in [5.74, 6) is -0.319. The molecule has 1 saturated carbocycles. The quantitative estimate of drug-likeness (QED) is 0.467. The van der Waals surface area contributed by atoms with Gasteiger partial charge in [0.25, 0.3) is 5.91 Å². The molecule has 1 spiro atoms. The number of nitrogens with one attached hydrogen (secondary N) is 2. The maximum absolute atomic E-state index is 12.9. The molecule has 2 heterocycles. The molecule has 1 aromatic heterocycles. The number of hydrazine groups is 1. The number of carbonyl (C=O) groups excluding carboxylic acids is 3. The fraction of sp³-hybridized carbons (Fsp3) is 0.524. The first-order valence-corrected chi connectivity index (χ1v) is 11.9. The molecule has 0 radical (unpaired) electrons. The molecule has 32 heavy (non-hydrogen) atoms. The summed E-state index contributed by atoms with van der Waals surface area (Å²) in [6.45, 7) is 3.18. The average molecular weight is 480 g/mol. The van der Waals surface area contributed by atoms with Crippen molar-refractivity contribution in [2.75, 3.05) is 19.5 Å². The number of nitrogens with zero attached hydrogens (tertiary/aromatic N) is 3. The van der Waals surface area contributed by atoms with E-state index in [0.717, 1.165) is 28.9 Å². The first kappa shape index (κ1) is 22.9. The minimum Gasteiger partial charge on any atom is -0.383 e. The molecular weight excluding hydrogens is 454 g/mol. The number of carbonyl (C=O) groups is 3. The molecule has 0 atom stereocenters. The Balaban J connectivity index is 1.42. The lowest BCUT2D eigenvalue weighted by Gasteiger charge is -2.33. The van der Waals surface area contributed by atoms with Gasteiger partial charge < -0.3 is 14.6 Å². The van der Waals surface area contributed by atoms with Crippen LogP contribution in [0.25, 0.3) is 11.0 Å². The number of benzene rings is 1. The fourth-order valence-electron chi connectivity index (χ4n) is 4.19. The van der Waals surface area contributed by atoms with Crippen LogP contribution in [0.2, 0.25) is 5.02 Å². The van der Waals surface area contributed by atoms with Crippen molar-refractivity contribution in [2.45, 2.75) is 49.8 Å². The maximum Gasteiger partial charge on any atom is 0.344 e. The Labute approximate surface area is 195 Å². The number of imide groups is 1. The number of fused-ring (bicyclic) bond motifs is 1. The predicted molar refractivity (Wildman–Crippen MR) is 121 cm³/mol. The van der Waals surface area contributed by atoms with E-state index in [4.69, 9.17) is 16.3 Å². The van der Waals surface area contributed by atoms with Crippen LogP contribution in [0, 0.1) is 5.92 Å². The van der Waals surface area contributed by atoms with Crippen LogP contribution in [0.3, 0.4) is 0 Å². The Morgan fingerprint density at radius 2 is 2.12 bits per heavy atom. The molecule has 0 bridgehead atoms. The number of thioether (sulfide) groups is 1. The van der Waals surface area contributed by atoms with Crippen LogP contribution in [-0.4, -0.2) is 57.4 Å². The van der Waals surface area contributed by atoms with E-state index >= 15 is 0 Å². The number of methoxy groups -OCH3 is 1. The molecule has 2 fully saturated rings. The van der Waals surface area contributed by atoms with Crippen LogP contribution < -0.4 is 10.7 Å². The molecule has 172 valence electrons. The number of imidazole rings is 1. The standard InChI is InChI=1S/C21H26ClN5O4S/c1-13-5-7-21(8-6-13)18(29)27(19(30)24-21)25-17(28)12-32-20-23-15-11-14(22)3-4-16(15)26(20)9-10-31-2/h3-4,11,13H,5-10,12H2,1-2H3,(H,24,30)(H,25,28). The van der Waals surface area contributed by atoms with Crippen LogP contribution in [0.4, 0.5) is 4.79 Å². The molecule has 2 N–H and O–H groups in total. The third-order valence-electron chi connectivity index (χ3n) is 6.05. The molecule has 1 aliphatic carbocycles. The van der Waals surface area contributed by atoms with Gasteiger partial charge in [-0.05, 0) is 49.8 Å². The summed E-state index contributed by atoms with van der Waals surface area (Å²) in [6.07, 6.45) is 2.91. The maximum atomic E-state index is 12.9. The highest BCUT2D eigenvalue weighted by Crippen LogP contribution is 2.36. The van der Waals surface area contributed by atoms with Crippen LogP contribution in [0.1, 0.15) is 32.6 Å². The summed E-state index contributed by atoms with van der Waals surface area (Å²) in [5, 5.41) is 4.83. The first-order chi connectivity index (χ1) is 15.3. The summed E-state index contributed by atoms with van der Waals surface area (Å²) in [4.78, 5) is 42.5. The van der Waals surface area contributed by atoms with Crippen molar-refractivity contribution in [2.24, 2.45) is 5.92 Å². The van der Waals surface area contributed by atoms with Gasteiger partial charge in [0, 0.05) is 18.7 Å². The normalized spacial score (nSPS) is 23.2. The van der Waals surface area contributed by atoms with Crippen molar-refractivity contribution in [3.63, 3.8) is 0 Å². The molecular formula is C21H26ClN5O4S. The van der Waals surface area contributed by atoms with Gasteiger partial charge in [-0.3, -0.25) is 15.0 Å². The number of ether oxygens (including phenoxy) is 1. The Kier molecular flexibility index (Phi) is 6.64. The lowest BCUT2D eigenvalue weighted by atomic mass is 9.77. The number of amides is 4. The molecule has 4 amide bonds. The number of aromatic nitrogens is 2. The molecule has 1 aliphatic heterocycles. The van der Waals surface area contributed by atoms with Crippen molar-refractivity contribution in [3.8, 4) is 0 Å². The topological polar surface area (TPSA) is 106 Å². The number of rotatable bonds is 7. The smallest absolute Gasteiger partial charge is 0.344 e. The van der Waals surface area contributed by atoms with E-state index in [1.54, 1.807) is 19.2 Å². The van der Waals surface area contributed by atoms with Crippen molar-refractivity contribution in [3.05, 3.63) is 23.2 Å². The zero-order chi connectivity index (χ0) is 22.9. The SMILES string of the molecule is COCCn1c(SCC(=O)NN2C(=O)NC3(CCC(C)CC3)C2=O)nc2cc(Cl)ccc21. The summed E-state index contributed by atoms with van der Waals surface area (Å²) in [6, 6.07) is 4.85. The Morgan fingerprint density at radius 1 is 1.38 bits per heavy atom. The third kappa shape index (κ3) is 4.44. The van der Waals surface area contributed by atoms with Crippen LogP contribution in [-0.2, 0) is 20.9 Å². The van der Waals surface area contributed by atoms with Gasteiger partial charge in [0.1, 0.15) is 5.54 Å². The molecule has 2 aromatic rings. The van der Waals surface area contributed by atoms with Crippen molar-refractivity contribution < 1.29 is 19.1 Å². The fourth-order valence-corrected chi connectivity index (χ4v) is 5.19. The second-order valence-corrected chi connectivity index (χ2v) is 9.71. The van der Waals surface area contributed by atoms with Crippen LogP contribution in [0.15, 0.2) is 23.4 Å². The van der Waals surface area contributed by atoms with Gasteiger partial charge in [0.05, 0.1) is 23.4 Å². The zero-order valence-electron chi connectivity index (χ0n) is 18.0. The van der Waals surface area contributed by atoms with Gasteiger partial charge in [-0.25, -0.2) is 9.78 Å². The van der Waals surface area contributed by atoms with E-state index < -0.39 is 17.5 Å². The molecule has 11 heteroatoms. The lowest BCUT2D eigenvalue weighted by molar-refractivity contribution is -0.139. The molecule has 2 aliphatic rings. The lowest BCUT2D eigenvalue weighted by Crippen LogP contribution is -2.51. The number of hydrogen-bond donors (Lipinski definition) is 2. The van der Waals surface area contributed by atoms with Gasteiger partial charge in [0.15, 0.2) is 5.16 Å². The number of hydrogen-bond acceptors (Lipinski definition) is 6. The van der Waals surface area contributed by atoms with Gasteiger partial charge >= 0.3 is 6.03 Å². The molecule has 9 nitrogen and oxygen atoms in total. The second-order valence-electron chi connectivity index (χ2n) is 8.33. The van der Waals surface area contributed by atoms with Gasteiger partial charge in [-0.2, -0.15) is 5.01 Å². The Morgan fingerprint density at radius 3 is 2.84 bits per heavy atom. The molecule has 4 rings (SSSR count). The van der Waals surface area contributed by atoms with Crippen molar-refractivity contribution >= 4 is 52.2 Å². The Hall–Kier alpha value is -2.30. The van der Waals surface area contributed by atoms with Crippen LogP contribution in [0.5, 0.6) is 0 Å². The summed E-state index contributed by atoms with van der Waals surface area (Å²) in [7, 11) is 1.62. The summed E-state index contributed by atoms with van der Waals surface area (Å²) in [5.41, 5.74) is 3.18. The van der Waals surface area contributed by atoms with Gasteiger partial charge in [0.2, 0.25) is 5.91 Å². The monoisotopic (exact) mass is 479 g/mol. The highest BCUT2D eigenvalue weighted by Gasteiger charge is 2.52. The molecule has 1 aromatic carbocycles. The Bertz CT molecular complexity index is 1050. The number of halogens is 1. The van der Waals surface area contributed by atoms with E-state index in [-0.39, 0.29) is 11.7 Å². The zero-order valence-corrected chi connectivity index (χ0v) is 19.6. The predicted octanol–water partition coefficient (Wildman–Crippen LogP) is 2.96. The molecule has 0 unspecified atom stereocenters. The third-order valence-corrected chi connectivity index (χ3v) is 7.26. The average Bonchev–Trinajstić information content (AvgIpc) is 3.22. The van der Waals surface area contributed by atoms with Gasteiger partial charge in [-0.15, -0.1) is 0 Å². The van der Waals surface area contributed by atoms with E-state index in [2.05, 4.69) is 22.7 Å². The highest BCUT2D eigenvalue weighted by molar-refractivity contribution is 7.99. The summed E-state index contributed by atoms with van der Waals surface area (Å²) < 4.78 is 7.15. The molecule has 1 saturated heterocycles. The van der Waals surface area contributed by atoms with E-state index in [0.29, 0.717) is 42.1 Å². The second kappa shape index (κ2) is 9.29. The van der Waals surface area contributed by atoms with Crippen LogP contribution >= 0.6 is 23.4 Å². The largest absolute Gasteiger partial charge is 0.383 e. The summed E-state index contributed by atoms with van der Waals surface area (Å²) >= 11 is 7.31. The number of urea groups is 1. The minimum atomic E-state index is -0.891. The van der Waals surface area contributed by atoms with Gasteiger partial charge in [-0.1, -0.05) is 30.3 Å². The van der Waals surface area contributed by atoms with E-state index in [1.165, 1.54) is 11.8 Å². The minimum absolute atomic E-state index is 0.00880. The first-order valence-electron chi connectivity index (χ1n) is 10.6. The highest BCUT2D eigenvalue weighted by atomic mass is 35.5. The van der Waals surface area contributed by atoms with E-state index in [9.17, 15) is 14.4 Å². The van der Waals surface area contributed by atoms with Crippen molar-refractivity contribution in [1.29, 1.82) is 0 Å². The van der Waals surface area contributed by atoms with E-state index in [1.807, 2.05) is 10.6 Å². The van der Waals surface area contributed by atoms with Crippen molar-refractivity contribution in [1.82, 2.24) is 25.3 Å².